The fourth-order valence-corrected chi connectivity index (χ4v) is 10.7. The number of urea groups is 1. The van der Waals surface area contributed by atoms with Gasteiger partial charge in [-0.3, -0.25) is 33.7 Å². The maximum absolute atomic E-state index is 14.5. The van der Waals surface area contributed by atoms with E-state index in [4.69, 9.17) is 36.3 Å². The highest BCUT2D eigenvalue weighted by Crippen LogP contribution is 2.47. The van der Waals surface area contributed by atoms with Crippen LogP contribution in [0.2, 0.25) is 0 Å². The van der Waals surface area contributed by atoms with Crippen molar-refractivity contribution in [3.63, 3.8) is 0 Å². The summed E-state index contributed by atoms with van der Waals surface area (Å²) in [6.07, 6.45) is 3.17. The molecule has 2 aliphatic heterocycles. The number of halogens is 1. The Hall–Kier alpha value is -10.1. The number of nitrogens with two attached hydrogens (primary N) is 1. The van der Waals surface area contributed by atoms with Crippen LogP contribution < -0.4 is 36.6 Å². The van der Waals surface area contributed by atoms with Crippen molar-refractivity contribution in [1.29, 1.82) is 0 Å². The molecule has 486 valence electrons. The first-order chi connectivity index (χ1) is 44.1. The number of pyridine rings is 1. The van der Waals surface area contributed by atoms with Crippen molar-refractivity contribution in [2.45, 2.75) is 58.6 Å². The molecule has 4 aromatic carbocycles. The summed E-state index contributed by atoms with van der Waals surface area (Å²) in [7, 11) is 1.47. The summed E-state index contributed by atoms with van der Waals surface area (Å²) >= 11 is 6.62. The molecule has 0 fully saturated rings. The molecule has 92 heavy (non-hydrogen) atoms. The van der Waals surface area contributed by atoms with Gasteiger partial charge in [0.05, 0.1) is 43.8 Å². The fraction of sp³-hybridized carbons (Fsp3) is 0.359. The van der Waals surface area contributed by atoms with Crippen LogP contribution in [0.15, 0.2) is 109 Å². The molecule has 6 aromatic rings. The van der Waals surface area contributed by atoms with Crippen LogP contribution in [0, 0.1) is 18.8 Å². The lowest BCUT2D eigenvalue weighted by molar-refractivity contribution is -0.137. The van der Waals surface area contributed by atoms with E-state index in [0.717, 1.165) is 33.6 Å². The second-order valence-corrected chi connectivity index (χ2v) is 22.5. The Morgan fingerprint density at radius 3 is 2.27 bits per heavy atom. The number of aryl methyl sites for hydroxylation is 1. The second kappa shape index (κ2) is 31.6. The summed E-state index contributed by atoms with van der Waals surface area (Å²) in [6.45, 7) is 4.55. The van der Waals surface area contributed by atoms with Crippen LogP contribution in [0.25, 0.3) is 16.4 Å². The van der Waals surface area contributed by atoms with Gasteiger partial charge in [0, 0.05) is 111 Å². The fourth-order valence-electron chi connectivity index (χ4n) is 10.5. The van der Waals surface area contributed by atoms with E-state index in [1.807, 2.05) is 19.1 Å². The maximum Gasteiger partial charge on any atom is 0.415 e. The van der Waals surface area contributed by atoms with E-state index >= 15 is 0 Å². The highest BCUT2D eigenvalue weighted by Gasteiger charge is 2.37. The lowest BCUT2D eigenvalue weighted by Crippen LogP contribution is -2.46. The van der Waals surface area contributed by atoms with Crippen LogP contribution in [0.3, 0.4) is 0 Å². The number of nitrogens with zero attached hydrogens (tertiary/aromatic N) is 6. The Kier molecular flexibility index (Phi) is 23.3. The number of aromatic hydroxyl groups is 1. The Morgan fingerprint density at radius 2 is 1.58 bits per heavy atom. The van der Waals surface area contributed by atoms with Gasteiger partial charge in [0.2, 0.25) is 5.91 Å². The number of aromatic nitrogens is 2. The minimum Gasteiger partial charge on any atom is -0.508 e. The number of rotatable bonds is 29. The smallest absolute Gasteiger partial charge is 0.415 e. The van der Waals surface area contributed by atoms with E-state index in [-0.39, 0.29) is 114 Å². The van der Waals surface area contributed by atoms with Gasteiger partial charge in [-0.1, -0.05) is 44.2 Å². The highest BCUT2D eigenvalue weighted by atomic mass is 35.5. The van der Waals surface area contributed by atoms with Crippen molar-refractivity contribution in [1.82, 2.24) is 34.7 Å². The first kappa shape index (κ1) is 67.8. The first-order valence-electron chi connectivity index (χ1n) is 29.6. The van der Waals surface area contributed by atoms with Crippen molar-refractivity contribution < 1.29 is 77.1 Å². The normalized spacial score (nSPS) is 14.0. The Balaban J connectivity index is 0.845. The number of phenolic OH excluding ortho intramolecular Hbond substituents is 1. The third-order valence-electron chi connectivity index (χ3n) is 15.3. The zero-order valence-corrected chi connectivity index (χ0v) is 51.8. The third kappa shape index (κ3) is 17.4. The molecule has 2 aliphatic rings. The van der Waals surface area contributed by atoms with Crippen molar-refractivity contribution in [2.24, 2.45) is 17.6 Å². The number of imide groups is 1. The molecule has 0 aliphatic carbocycles. The van der Waals surface area contributed by atoms with Crippen molar-refractivity contribution >= 4 is 105 Å². The van der Waals surface area contributed by atoms with Crippen molar-refractivity contribution in [2.75, 3.05) is 94.2 Å². The number of ketones is 1. The summed E-state index contributed by atoms with van der Waals surface area (Å²) in [5.74, 6) is -4.03. The summed E-state index contributed by atoms with van der Waals surface area (Å²) in [4.78, 5) is 140. The molecule has 0 saturated carbocycles. The molecule has 28 heteroatoms. The number of likely N-dealkylation sites (N-methyl/N-ethyl adjacent to an activating group) is 1. The van der Waals surface area contributed by atoms with Crippen LogP contribution in [0.1, 0.15) is 76.6 Å². The molecule has 2 aromatic heterocycles. The number of phenols is 1. The zero-order valence-electron chi connectivity index (χ0n) is 51.1. The average Bonchev–Trinajstić information content (AvgIpc) is 1.54. The van der Waals surface area contributed by atoms with E-state index in [1.165, 1.54) is 41.1 Å². The average molecular weight is 1290 g/mol. The third-order valence-corrected chi connectivity index (χ3v) is 15.7. The molecule has 0 spiro atoms. The minimum atomic E-state index is -1.04. The molecule has 0 bridgehead atoms. The number of aliphatic hydroxyl groups is 1. The molecule has 0 saturated heterocycles. The van der Waals surface area contributed by atoms with Gasteiger partial charge in [-0.2, -0.15) is 0 Å². The van der Waals surface area contributed by atoms with Crippen molar-refractivity contribution in [3.05, 3.63) is 137 Å². The monoisotopic (exact) mass is 1290 g/mol. The van der Waals surface area contributed by atoms with Crippen LogP contribution in [-0.4, -0.2) is 179 Å². The number of hydrogen-bond acceptors (Lipinski definition) is 17. The Morgan fingerprint density at radius 1 is 0.848 bits per heavy atom. The quantitative estimate of drug-likeness (QED) is 0.0151. The topological polar surface area (TPSA) is 352 Å². The molecule has 3 atom stereocenters. The lowest BCUT2D eigenvalue weighted by atomic mass is 9.89. The predicted molar refractivity (Wildman–Crippen MR) is 337 cm³/mol. The van der Waals surface area contributed by atoms with E-state index in [1.54, 1.807) is 84.1 Å². The predicted octanol–water partition coefficient (Wildman–Crippen LogP) is 6.45. The molecular weight excluding hydrogens is 1210 g/mol. The largest absolute Gasteiger partial charge is 0.508 e. The van der Waals surface area contributed by atoms with Gasteiger partial charge in [0.1, 0.15) is 36.1 Å². The second-order valence-electron chi connectivity index (χ2n) is 22.2. The Labute approximate surface area is 533 Å². The van der Waals surface area contributed by atoms with E-state index in [9.17, 15) is 58.2 Å². The Bertz CT molecular complexity index is 3750. The number of nitrogens with one attached hydrogen (secondary N) is 4. The summed E-state index contributed by atoms with van der Waals surface area (Å²) in [6, 6.07) is 20.8. The van der Waals surface area contributed by atoms with Gasteiger partial charge in [0.25, 0.3) is 23.6 Å². The maximum atomic E-state index is 14.5. The SMILES string of the molecule is Cc1cccc2c(OC(=O)N(CCO)CCN(C)C(=O)OCc3ccc(NC(=O)[C@H](CCCNC(N)=O)CC(=O)[C@@H](NC(=O)OCCOCCN4C(=O)C=CC4=O)C(C)C)cc3)cc3c(c12)[C@H](CCl)CN3C(=O)c1cn2cc(NC(=O)c3ccc(O)cc3)ccc2n1. The molecular formula is C64H72ClN11O16. The number of alkyl halides is 1. The van der Waals surface area contributed by atoms with Gasteiger partial charge in [-0.25, -0.2) is 24.2 Å². The lowest BCUT2D eigenvalue weighted by Gasteiger charge is -2.25. The van der Waals surface area contributed by atoms with Gasteiger partial charge < -0.3 is 75.3 Å². The summed E-state index contributed by atoms with van der Waals surface area (Å²) in [5, 5.41) is 31.7. The number of imidazole rings is 1. The number of fused-ring (bicyclic) bond motifs is 4. The number of benzene rings is 4. The number of carbonyl (C=O) groups is 10. The molecule has 0 radical (unpaired) electrons. The number of amides is 10. The standard InChI is InChI=1S/C64H72ClN11O16/c1-38(2)57(71-62(86)90-30-29-89-28-26-75-53(80)20-21-54(75)81)50(79)31-42(8-6-22-67-61(66)85)59(83)68-44-14-10-40(11-15-44)37-91-63(87)72(4)23-24-73(25-27-77)64(88)92-51-32-49-56(55-39(3)7-5-9-47(51)55)43(33-65)34-76(49)60(84)48-36-74-35-45(16-19-52(74)70-48)69-58(82)41-12-17-46(78)18-13-41/h5,7,9-21,32,35-36,38,42-43,57,77-78H,6,8,22-31,33-34,37H2,1-4H3,(H,68,83)(H,69,82)(H,71,86)(H3,66,67,85)/t42-,43-,57+/m1/s1. The first-order valence-corrected chi connectivity index (χ1v) is 30.1. The van der Waals surface area contributed by atoms with E-state index < -0.39 is 84.1 Å². The number of carbonyl (C=O) groups excluding carboxylic acids is 10. The molecule has 27 nitrogen and oxygen atoms in total. The van der Waals surface area contributed by atoms with E-state index in [2.05, 4.69) is 26.3 Å². The van der Waals surface area contributed by atoms with Crippen LogP contribution in [-0.2, 0) is 40.0 Å². The number of aliphatic hydroxyl groups excluding tert-OH is 1. The van der Waals surface area contributed by atoms with Crippen LogP contribution in [0.5, 0.6) is 11.5 Å². The highest BCUT2D eigenvalue weighted by molar-refractivity contribution is 6.19. The van der Waals surface area contributed by atoms with E-state index in [0.29, 0.717) is 39.2 Å². The molecule has 10 amide bonds. The summed E-state index contributed by atoms with van der Waals surface area (Å²) in [5.41, 5.74) is 9.50. The number of hydrogen-bond donors (Lipinski definition) is 7. The van der Waals surface area contributed by atoms with Crippen molar-refractivity contribution in [3.8, 4) is 11.5 Å². The van der Waals surface area contributed by atoms with Crippen LogP contribution in [0.4, 0.5) is 36.2 Å². The van der Waals surface area contributed by atoms with Gasteiger partial charge in [0.15, 0.2) is 5.78 Å². The zero-order chi connectivity index (χ0) is 66.2. The number of ether oxygens (including phenoxy) is 4. The number of primary amides is 1. The van der Waals surface area contributed by atoms with Gasteiger partial charge in [-0.15, -0.1) is 11.6 Å². The number of Topliss-reactive ketones (excluding diaryl/α,β-unsaturated/α-hetero) is 1. The molecule has 8 N–H and O–H groups in total. The molecule has 0 unspecified atom stereocenters. The van der Waals surface area contributed by atoms with Gasteiger partial charge >= 0.3 is 24.3 Å². The minimum absolute atomic E-state index is 0.0196. The number of anilines is 3. The molecule has 8 rings (SSSR count). The molecule has 4 heterocycles. The van der Waals surface area contributed by atoms with Gasteiger partial charge in [-0.05, 0) is 96.3 Å². The summed E-state index contributed by atoms with van der Waals surface area (Å²) < 4.78 is 23.9. The van der Waals surface area contributed by atoms with Crippen LogP contribution >= 0.6 is 11.6 Å². The number of alkyl carbamates (subject to hydrolysis) is 1.